The second kappa shape index (κ2) is 5.39. The maximum atomic E-state index is 11.7. The molecule has 0 spiro atoms. The summed E-state index contributed by atoms with van der Waals surface area (Å²) < 4.78 is 0.745. The summed E-state index contributed by atoms with van der Waals surface area (Å²) in [5.41, 5.74) is 1.79. The lowest BCUT2D eigenvalue weighted by Gasteiger charge is -2.07. The van der Waals surface area contributed by atoms with Crippen molar-refractivity contribution in [1.82, 2.24) is 9.97 Å². The first-order valence-electron chi connectivity index (χ1n) is 5.81. The Labute approximate surface area is 112 Å². The van der Waals surface area contributed by atoms with Crippen LogP contribution in [0, 0.1) is 0 Å². The minimum Gasteiger partial charge on any atom is -0.325 e. The molecule has 0 saturated carbocycles. The van der Waals surface area contributed by atoms with Crippen molar-refractivity contribution in [3.63, 3.8) is 0 Å². The highest BCUT2D eigenvalue weighted by atomic mass is 79.9. The van der Waals surface area contributed by atoms with E-state index in [1.165, 1.54) is 0 Å². The number of fused-ring (bicyclic) bond motifs is 1. The number of benzene rings is 1. The highest BCUT2D eigenvalue weighted by molar-refractivity contribution is 9.10. The van der Waals surface area contributed by atoms with E-state index in [4.69, 9.17) is 0 Å². The van der Waals surface area contributed by atoms with Crippen LogP contribution in [0.15, 0.2) is 21.4 Å². The third-order valence-electron chi connectivity index (χ3n) is 2.64. The Morgan fingerprint density at radius 1 is 1.33 bits per heavy atom. The van der Waals surface area contributed by atoms with Crippen molar-refractivity contribution >= 4 is 38.6 Å². The SMILES string of the molecule is CCCCC(=O)Nc1cc2[nH]c(=O)[nH]c2cc1Br. The molecule has 96 valence electrons. The molecule has 0 aliphatic carbocycles. The van der Waals surface area contributed by atoms with E-state index in [9.17, 15) is 9.59 Å². The normalized spacial score (nSPS) is 10.8. The Balaban J connectivity index is 2.24. The van der Waals surface area contributed by atoms with Gasteiger partial charge in [0.15, 0.2) is 0 Å². The predicted molar refractivity (Wildman–Crippen MR) is 74.8 cm³/mol. The number of unbranched alkanes of at least 4 members (excludes halogenated alkanes) is 1. The fraction of sp³-hybridized carbons (Fsp3) is 0.333. The van der Waals surface area contributed by atoms with E-state index in [2.05, 4.69) is 31.2 Å². The summed E-state index contributed by atoms with van der Waals surface area (Å²) in [6.45, 7) is 2.04. The molecule has 0 unspecified atom stereocenters. The fourth-order valence-corrected chi connectivity index (χ4v) is 2.14. The fourth-order valence-electron chi connectivity index (χ4n) is 1.70. The number of anilines is 1. The quantitative estimate of drug-likeness (QED) is 0.812. The molecule has 1 amide bonds. The van der Waals surface area contributed by atoms with Gasteiger partial charge in [-0.1, -0.05) is 13.3 Å². The van der Waals surface area contributed by atoms with Crippen LogP contribution >= 0.6 is 15.9 Å². The van der Waals surface area contributed by atoms with Gasteiger partial charge >= 0.3 is 5.69 Å². The van der Waals surface area contributed by atoms with E-state index in [0.717, 1.165) is 17.3 Å². The maximum absolute atomic E-state index is 11.7. The van der Waals surface area contributed by atoms with Crippen LogP contribution in [0.5, 0.6) is 0 Å². The highest BCUT2D eigenvalue weighted by Crippen LogP contribution is 2.26. The highest BCUT2D eigenvalue weighted by Gasteiger charge is 2.08. The number of H-pyrrole nitrogens is 2. The summed E-state index contributed by atoms with van der Waals surface area (Å²) in [4.78, 5) is 28.1. The first kappa shape index (κ1) is 12.9. The summed E-state index contributed by atoms with van der Waals surface area (Å²) >= 11 is 3.37. The number of rotatable bonds is 4. The molecule has 0 saturated heterocycles. The number of carbonyl (C=O) groups excluding carboxylic acids is 1. The van der Waals surface area contributed by atoms with Crippen molar-refractivity contribution in [3.05, 3.63) is 27.1 Å². The van der Waals surface area contributed by atoms with Crippen LogP contribution in [0.3, 0.4) is 0 Å². The van der Waals surface area contributed by atoms with Crippen LogP contribution in [0.1, 0.15) is 26.2 Å². The summed E-state index contributed by atoms with van der Waals surface area (Å²) in [7, 11) is 0. The molecule has 2 rings (SSSR count). The second-order valence-corrected chi connectivity index (χ2v) is 4.96. The van der Waals surface area contributed by atoms with Gasteiger partial charge in [0.25, 0.3) is 0 Å². The minimum atomic E-state index is -0.258. The molecule has 6 heteroatoms. The third kappa shape index (κ3) is 2.81. The molecule has 1 heterocycles. The first-order valence-corrected chi connectivity index (χ1v) is 6.61. The predicted octanol–water partition coefficient (Wildman–Crippen LogP) is 2.75. The first-order chi connectivity index (χ1) is 8.60. The molecule has 1 aromatic heterocycles. The van der Waals surface area contributed by atoms with Crippen molar-refractivity contribution < 1.29 is 4.79 Å². The molecule has 0 aliphatic rings. The zero-order chi connectivity index (χ0) is 13.1. The van der Waals surface area contributed by atoms with E-state index in [0.29, 0.717) is 23.1 Å². The van der Waals surface area contributed by atoms with Gasteiger partial charge in [-0.2, -0.15) is 0 Å². The summed E-state index contributed by atoms with van der Waals surface area (Å²) in [6, 6.07) is 3.50. The van der Waals surface area contributed by atoms with E-state index in [-0.39, 0.29) is 11.6 Å². The molecule has 18 heavy (non-hydrogen) atoms. The molecular weight excluding hydrogens is 298 g/mol. The van der Waals surface area contributed by atoms with Gasteiger partial charge in [0, 0.05) is 10.9 Å². The number of nitrogens with one attached hydrogen (secondary N) is 3. The lowest BCUT2D eigenvalue weighted by Crippen LogP contribution is -2.11. The van der Waals surface area contributed by atoms with Crippen molar-refractivity contribution in [2.24, 2.45) is 0 Å². The number of imidazole rings is 1. The Morgan fingerprint density at radius 2 is 2.00 bits per heavy atom. The zero-order valence-corrected chi connectivity index (χ0v) is 11.6. The molecule has 0 bridgehead atoms. The van der Waals surface area contributed by atoms with Gasteiger partial charge in [-0.05, 0) is 34.5 Å². The molecule has 0 fully saturated rings. The second-order valence-electron chi connectivity index (χ2n) is 4.11. The number of hydrogen-bond acceptors (Lipinski definition) is 2. The Hall–Kier alpha value is -1.56. The van der Waals surface area contributed by atoms with Crippen LogP contribution in [0.2, 0.25) is 0 Å². The topological polar surface area (TPSA) is 77.8 Å². The molecule has 0 aliphatic heterocycles. The Bertz CT molecular complexity index is 630. The number of aromatic amines is 2. The molecule has 0 radical (unpaired) electrons. The van der Waals surface area contributed by atoms with E-state index < -0.39 is 0 Å². The summed E-state index contributed by atoms with van der Waals surface area (Å²) in [5.74, 6) is -0.0187. The van der Waals surface area contributed by atoms with E-state index in [1.807, 2.05) is 6.92 Å². The van der Waals surface area contributed by atoms with Crippen LogP contribution in [0.25, 0.3) is 11.0 Å². The van der Waals surface area contributed by atoms with Crippen LogP contribution in [0.4, 0.5) is 5.69 Å². The summed E-state index contributed by atoms with van der Waals surface area (Å²) in [5, 5.41) is 2.82. The van der Waals surface area contributed by atoms with E-state index in [1.54, 1.807) is 12.1 Å². The van der Waals surface area contributed by atoms with Crippen LogP contribution in [-0.2, 0) is 4.79 Å². The average molecular weight is 312 g/mol. The van der Waals surface area contributed by atoms with Gasteiger partial charge in [-0.3, -0.25) is 4.79 Å². The Morgan fingerprint density at radius 3 is 2.67 bits per heavy atom. The van der Waals surface area contributed by atoms with Crippen molar-refractivity contribution in [2.45, 2.75) is 26.2 Å². The Kier molecular flexibility index (Phi) is 3.86. The lowest BCUT2D eigenvalue weighted by atomic mass is 10.2. The standard InChI is InChI=1S/C12H14BrN3O2/c1-2-3-4-11(17)14-8-6-10-9(5-7(8)13)15-12(18)16-10/h5-6H,2-4H2,1H3,(H,14,17)(H2,15,16,18). The molecule has 0 atom stereocenters. The number of carbonyl (C=O) groups is 1. The van der Waals surface area contributed by atoms with Crippen molar-refractivity contribution in [2.75, 3.05) is 5.32 Å². The van der Waals surface area contributed by atoms with Gasteiger partial charge in [0.1, 0.15) is 0 Å². The molecule has 1 aromatic carbocycles. The number of halogens is 1. The minimum absolute atomic E-state index is 0.0187. The van der Waals surface area contributed by atoms with Crippen molar-refractivity contribution in [3.8, 4) is 0 Å². The van der Waals surface area contributed by atoms with Crippen LogP contribution in [-0.4, -0.2) is 15.9 Å². The van der Waals surface area contributed by atoms with Gasteiger partial charge in [0.2, 0.25) is 5.91 Å². The van der Waals surface area contributed by atoms with Crippen LogP contribution < -0.4 is 11.0 Å². The van der Waals surface area contributed by atoms with Crippen molar-refractivity contribution in [1.29, 1.82) is 0 Å². The molecule has 2 aromatic rings. The molecular formula is C12H14BrN3O2. The zero-order valence-electron chi connectivity index (χ0n) is 9.97. The van der Waals surface area contributed by atoms with Gasteiger partial charge in [-0.15, -0.1) is 0 Å². The van der Waals surface area contributed by atoms with Gasteiger partial charge in [-0.25, -0.2) is 4.79 Å². The van der Waals surface area contributed by atoms with Gasteiger partial charge < -0.3 is 15.3 Å². The third-order valence-corrected chi connectivity index (χ3v) is 3.29. The maximum Gasteiger partial charge on any atom is 0.323 e. The van der Waals surface area contributed by atoms with Gasteiger partial charge in [0.05, 0.1) is 16.7 Å². The summed E-state index contributed by atoms with van der Waals surface area (Å²) in [6.07, 6.45) is 2.36. The van der Waals surface area contributed by atoms with E-state index >= 15 is 0 Å². The number of aromatic nitrogens is 2. The monoisotopic (exact) mass is 311 g/mol. The molecule has 3 N–H and O–H groups in total. The number of amides is 1. The number of hydrogen-bond donors (Lipinski definition) is 3. The molecule has 5 nitrogen and oxygen atoms in total. The smallest absolute Gasteiger partial charge is 0.323 e. The lowest BCUT2D eigenvalue weighted by molar-refractivity contribution is -0.116. The largest absolute Gasteiger partial charge is 0.325 e. The average Bonchev–Trinajstić information content (AvgIpc) is 2.66.